The van der Waals surface area contributed by atoms with E-state index in [0.717, 1.165) is 24.5 Å². The van der Waals surface area contributed by atoms with E-state index in [1.54, 1.807) is 0 Å². The van der Waals surface area contributed by atoms with Crippen molar-refractivity contribution < 1.29 is 40.6 Å². The van der Waals surface area contributed by atoms with Gasteiger partial charge in [-0.25, -0.2) is 0 Å². The highest BCUT2D eigenvalue weighted by Crippen LogP contribution is 2.40. The fraction of sp³-hybridized carbons (Fsp3) is 0.100. The van der Waals surface area contributed by atoms with Gasteiger partial charge in [0.15, 0.2) is 6.29 Å². The number of aromatic nitrogens is 1. The molecule has 10 heteroatoms. The molecule has 3 aromatic rings. The summed E-state index contributed by atoms with van der Waals surface area (Å²) in [7, 11) is 0. The fourth-order valence-corrected chi connectivity index (χ4v) is 2.83. The third kappa shape index (κ3) is 4.88. The van der Waals surface area contributed by atoms with Gasteiger partial charge in [-0.2, -0.15) is 0 Å². The lowest BCUT2D eigenvalue weighted by Crippen LogP contribution is -2.18. The highest BCUT2D eigenvalue weighted by atomic mass is 19.4. The average molecular weight is 427 g/mol. The Morgan fingerprint density at radius 1 is 0.667 bits per heavy atom. The summed E-state index contributed by atoms with van der Waals surface area (Å²) in [6.07, 6.45) is -7.41. The number of pyridine rings is 1. The van der Waals surface area contributed by atoms with Crippen LogP contribution in [0, 0.1) is 0 Å². The quantitative estimate of drug-likeness (QED) is 0.369. The first-order valence-electron chi connectivity index (χ1n) is 8.22. The largest absolute Gasteiger partial charge is 0.573 e. The van der Waals surface area contributed by atoms with Gasteiger partial charge in [-0.1, -0.05) is 36.4 Å². The lowest BCUT2D eigenvalue weighted by molar-refractivity contribution is -0.275. The molecule has 0 aliphatic heterocycles. The number of alkyl halides is 6. The van der Waals surface area contributed by atoms with Crippen LogP contribution in [0.25, 0.3) is 22.3 Å². The van der Waals surface area contributed by atoms with Crippen LogP contribution in [-0.4, -0.2) is 24.0 Å². The number of carbonyl (C=O) groups excluding carboxylic acids is 1. The van der Waals surface area contributed by atoms with Crippen molar-refractivity contribution in [3.05, 3.63) is 66.5 Å². The third-order valence-corrected chi connectivity index (χ3v) is 3.91. The third-order valence-electron chi connectivity index (χ3n) is 3.91. The van der Waals surface area contributed by atoms with Crippen molar-refractivity contribution in [2.45, 2.75) is 12.7 Å². The molecule has 0 N–H and O–H groups in total. The molecule has 1 aromatic heterocycles. The van der Waals surface area contributed by atoms with Crippen LogP contribution in [-0.2, 0) is 0 Å². The van der Waals surface area contributed by atoms with Gasteiger partial charge < -0.3 is 9.47 Å². The molecule has 3 rings (SSSR count). The lowest BCUT2D eigenvalue weighted by Gasteiger charge is -2.17. The molecular formula is C20H11F6NO3. The zero-order valence-corrected chi connectivity index (χ0v) is 14.8. The van der Waals surface area contributed by atoms with Crippen molar-refractivity contribution in [1.29, 1.82) is 0 Å². The second-order valence-corrected chi connectivity index (χ2v) is 5.85. The summed E-state index contributed by atoms with van der Waals surface area (Å²) in [6, 6.07) is 10.1. The fourth-order valence-electron chi connectivity index (χ4n) is 2.83. The van der Waals surface area contributed by atoms with Crippen molar-refractivity contribution in [3.63, 3.8) is 0 Å². The van der Waals surface area contributed by atoms with Gasteiger partial charge in [0.1, 0.15) is 11.5 Å². The predicted octanol–water partition coefficient (Wildman–Crippen LogP) is 6.03. The molecule has 0 unspecified atom stereocenters. The van der Waals surface area contributed by atoms with Gasteiger partial charge >= 0.3 is 12.7 Å². The van der Waals surface area contributed by atoms with E-state index in [-0.39, 0.29) is 27.8 Å². The lowest BCUT2D eigenvalue weighted by atomic mass is 9.94. The molecule has 2 aromatic carbocycles. The smallest absolute Gasteiger partial charge is 0.405 e. The van der Waals surface area contributed by atoms with E-state index in [0.29, 0.717) is 6.29 Å². The maximum absolute atomic E-state index is 12.7. The Hall–Kier alpha value is -3.56. The molecule has 30 heavy (non-hydrogen) atoms. The van der Waals surface area contributed by atoms with E-state index in [4.69, 9.17) is 0 Å². The number of rotatable bonds is 5. The molecule has 0 radical (unpaired) electrons. The predicted molar refractivity (Wildman–Crippen MR) is 93.9 cm³/mol. The van der Waals surface area contributed by atoms with Crippen molar-refractivity contribution in [3.8, 4) is 33.8 Å². The Bertz CT molecular complexity index is 985. The number of aldehydes is 1. The zero-order chi connectivity index (χ0) is 21.9. The van der Waals surface area contributed by atoms with Crippen LogP contribution in [0.15, 0.2) is 60.9 Å². The van der Waals surface area contributed by atoms with E-state index in [2.05, 4.69) is 14.5 Å². The summed E-state index contributed by atoms with van der Waals surface area (Å²) in [4.78, 5) is 15.7. The topological polar surface area (TPSA) is 48.4 Å². The van der Waals surface area contributed by atoms with Crippen LogP contribution in [0.4, 0.5) is 26.3 Å². The Morgan fingerprint density at radius 2 is 1.07 bits per heavy atom. The average Bonchev–Trinajstić information content (AvgIpc) is 2.66. The van der Waals surface area contributed by atoms with Crippen molar-refractivity contribution in [2.75, 3.05) is 0 Å². The number of ether oxygens (including phenoxy) is 2. The van der Waals surface area contributed by atoms with Crippen LogP contribution in [0.2, 0.25) is 0 Å². The van der Waals surface area contributed by atoms with Crippen LogP contribution in [0.5, 0.6) is 11.5 Å². The van der Waals surface area contributed by atoms with Crippen molar-refractivity contribution >= 4 is 6.29 Å². The standard InChI is InChI=1S/C20H11F6NO3/c21-19(22,23)29-17-7-3-1-5-12(17)14-9-27-10-15(16(14)11-28)13-6-2-4-8-18(13)30-20(24,25)26/h1-11H. The van der Waals surface area contributed by atoms with Gasteiger partial charge in [-0.15, -0.1) is 26.3 Å². The van der Waals surface area contributed by atoms with E-state index >= 15 is 0 Å². The van der Waals surface area contributed by atoms with E-state index < -0.39 is 24.2 Å². The van der Waals surface area contributed by atoms with E-state index in [1.807, 2.05) is 0 Å². The molecule has 0 spiro atoms. The molecule has 0 amide bonds. The Labute approximate surface area is 165 Å². The minimum atomic E-state index is -4.99. The van der Waals surface area contributed by atoms with Crippen LogP contribution < -0.4 is 9.47 Å². The first kappa shape index (κ1) is 21.2. The number of hydrogen-bond donors (Lipinski definition) is 0. The first-order chi connectivity index (χ1) is 14.1. The number of nitrogens with zero attached hydrogens (tertiary/aromatic N) is 1. The van der Waals surface area contributed by atoms with E-state index in [9.17, 15) is 31.1 Å². The number of benzene rings is 2. The van der Waals surface area contributed by atoms with Crippen molar-refractivity contribution in [2.24, 2.45) is 0 Å². The Morgan fingerprint density at radius 3 is 1.43 bits per heavy atom. The Balaban J connectivity index is 2.19. The van der Waals surface area contributed by atoms with Gasteiger partial charge in [0.2, 0.25) is 0 Å². The number of hydrogen-bond acceptors (Lipinski definition) is 4. The summed E-state index contributed by atoms with van der Waals surface area (Å²) in [6.45, 7) is 0. The minimum absolute atomic E-state index is 0.0517. The van der Waals surface area contributed by atoms with Gasteiger partial charge in [0.05, 0.1) is 0 Å². The number of carbonyl (C=O) groups is 1. The maximum Gasteiger partial charge on any atom is 0.573 e. The molecule has 1 heterocycles. The molecular weight excluding hydrogens is 416 g/mol. The molecule has 0 fully saturated rings. The summed E-state index contributed by atoms with van der Waals surface area (Å²) < 4.78 is 84.5. The van der Waals surface area contributed by atoms with Gasteiger partial charge in [-0.05, 0) is 12.1 Å². The van der Waals surface area contributed by atoms with Crippen LogP contribution >= 0.6 is 0 Å². The maximum atomic E-state index is 12.7. The molecule has 0 atom stereocenters. The molecule has 0 aliphatic carbocycles. The molecule has 156 valence electrons. The summed E-state index contributed by atoms with van der Waals surface area (Å²) >= 11 is 0. The number of para-hydroxylation sites is 2. The van der Waals surface area contributed by atoms with Gasteiger partial charge in [-0.3, -0.25) is 9.78 Å². The molecule has 0 saturated heterocycles. The SMILES string of the molecule is O=Cc1c(-c2ccccc2OC(F)(F)F)cncc1-c1ccccc1OC(F)(F)F. The summed E-state index contributed by atoms with van der Waals surface area (Å²) in [5.41, 5.74) is -0.504. The van der Waals surface area contributed by atoms with Crippen molar-refractivity contribution in [1.82, 2.24) is 4.98 Å². The van der Waals surface area contributed by atoms with Gasteiger partial charge in [0, 0.05) is 40.2 Å². The molecule has 0 saturated carbocycles. The second kappa shape index (κ2) is 8.05. The van der Waals surface area contributed by atoms with E-state index in [1.165, 1.54) is 36.4 Å². The minimum Gasteiger partial charge on any atom is -0.405 e. The van der Waals surface area contributed by atoms with Crippen LogP contribution in [0.3, 0.4) is 0 Å². The summed E-state index contributed by atoms with van der Waals surface area (Å²) in [5, 5.41) is 0. The first-order valence-corrected chi connectivity index (χ1v) is 8.22. The Kier molecular flexibility index (Phi) is 5.68. The molecule has 4 nitrogen and oxygen atoms in total. The zero-order valence-electron chi connectivity index (χ0n) is 14.8. The molecule has 0 bridgehead atoms. The monoisotopic (exact) mass is 427 g/mol. The second-order valence-electron chi connectivity index (χ2n) is 5.85. The molecule has 0 aliphatic rings. The normalized spacial score (nSPS) is 11.8. The highest BCUT2D eigenvalue weighted by Gasteiger charge is 2.34. The van der Waals surface area contributed by atoms with Gasteiger partial charge in [0.25, 0.3) is 0 Å². The van der Waals surface area contributed by atoms with Crippen LogP contribution in [0.1, 0.15) is 10.4 Å². The highest BCUT2D eigenvalue weighted by molar-refractivity contribution is 5.97. The summed E-state index contributed by atoms with van der Waals surface area (Å²) in [5.74, 6) is -1.18. The number of halogens is 6.